The minimum Gasteiger partial charge on any atom is -0.481 e. The van der Waals surface area contributed by atoms with Crippen LogP contribution < -0.4 is 0 Å². The number of carboxylic acid groups (broad SMARTS) is 1. The number of rotatable bonds is 1. The third-order valence-electron chi connectivity index (χ3n) is 3.20. The van der Waals surface area contributed by atoms with Gasteiger partial charge in [-0.05, 0) is 31.1 Å². The van der Waals surface area contributed by atoms with Crippen LogP contribution in [0.4, 0.5) is 0 Å². The molecule has 0 aromatic heterocycles. The third-order valence-corrected chi connectivity index (χ3v) is 3.20. The van der Waals surface area contributed by atoms with Gasteiger partial charge >= 0.3 is 5.97 Å². The van der Waals surface area contributed by atoms with Crippen molar-refractivity contribution in [2.45, 2.75) is 25.7 Å². The summed E-state index contributed by atoms with van der Waals surface area (Å²) >= 11 is 0. The first-order valence-corrected chi connectivity index (χ1v) is 4.55. The topological polar surface area (TPSA) is 46.5 Å². The summed E-state index contributed by atoms with van der Waals surface area (Å²) in [5.41, 5.74) is 0.127. The van der Waals surface area contributed by atoms with Gasteiger partial charge in [-0.1, -0.05) is 0 Å². The Balaban J connectivity index is 1.98. The Morgan fingerprint density at radius 1 is 1.42 bits per heavy atom. The molecule has 2 atom stereocenters. The van der Waals surface area contributed by atoms with Crippen molar-refractivity contribution >= 4 is 5.97 Å². The van der Waals surface area contributed by atoms with Crippen molar-refractivity contribution in [1.29, 1.82) is 0 Å². The van der Waals surface area contributed by atoms with Gasteiger partial charge in [0.25, 0.3) is 0 Å². The van der Waals surface area contributed by atoms with Crippen molar-refractivity contribution in [3.63, 3.8) is 0 Å². The van der Waals surface area contributed by atoms with Crippen LogP contribution in [0.5, 0.6) is 0 Å². The van der Waals surface area contributed by atoms with E-state index >= 15 is 0 Å². The maximum absolute atomic E-state index is 10.7. The lowest BCUT2D eigenvalue weighted by atomic mass is 9.94. The van der Waals surface area contributed by atoms with Gasteiger partial charge in [0.1, 0.15) is 0 Å². The summed E-state index contributed by atoms with van der Waals surface area (Å²) < 4.78 is 5.31. The Hall–Kier alpha value is -0.570. The molecule has 0 bridgehead atoms. The second kappa shape index (κ2) is 2.73. The summed E-state index contributed by atoms with van der Waals surface area (Å²) in [7, 11) is 0. The molecule has 68 valence electrons. The molecule has 0 aromatic rings. The minimum absolute atomic E-state index is 0.0702. The second-order valence-electron chi connectivity index (χ2n) is 3.92. The average molecular weight is 170 g/mol. The summed E-state index contributed by atoms with van der Waals surface area (Å²) in [5, 5.41) is 8.82. The Labute approximate surface area is 71.7 Å². The molecule has 0 amide bonds. The van der Waals surface area contributed by atoms with Gasteiger partial charge in [-0.3, -0.25) is 4.79 Å². The van der Waals surface area contributed by atoms with Crippen LogP contribution in [0.3, 0.4) is 0 Å². The van der Waals surface area contributed by atoms with Crippen molar-refractivity contribution in [2.75, 3.05) is 13.2 Å². The van der Waals surface area contributed by atoms with Crippen molar-refractivity contribution in [2.24, 2.45) is 11.3 Å². The fourth-order valence-electron chi connectivity index (χ4n) is 2.28. The molecule has 1 saturated carbocycles. The van der Waals surface area contributed by atoms with Crippen LogP contribution in [0.25, 0.3) is 0 Å². The Morgan fingerprint density at radius 3 is 2.92 bits per heavy atom. The van der Waals surface area contributed by atoms with E-state index in [1.165, 1.54) is 0 Å². The lowest BCUT2D eigenvalue weighted by Gasteiger charge is -2.10. The molecule has 0 aromatic carbocycles. The van der Waals surface area contributed by atoms with Crippen LogP contribution in [-0.4, -0.2) is 24.3 Å². The highest BCUT2D eigenvalue weighted by atomic mass is 16.5. The molecule has 2 aliphatic rings. The molecule has 1 aliphatic carbocycles. The minimum atomic E-state index is -0.614. The third kappa shape index (κ3) is 1.22. The van der Waals surface area contributed by atoms with Crippen molar-refractivity contribution in [3.05, 3.63) is 0 Å². The molecule has 1 spiro atoms. The molecular weight excluding hydrogens is 156 g/mol. The highest BCUT2D eigenvalue weighted by molar-refractivity contribution is 5.74. The number of aliphatic carboxylic acids is 1. The normalized spacial score (nSPS) is 40.8. The zero-order chi connectivity index (χ0) is 8.60. The molecular formula is C9H14O3. The standard InChI is InChI=1S/C9H14O3/c10-8(11)7-6-9(7)2-1-4-12-5-3-9/h7H,1-6H2,(H,10,11). The number of hydrogen-bond donors (Lipinski definition) is 1. The largest absolute Gasteiger partial charge is 0.481 e. The Kier molecular flexibility index (Phi) is 1.83. The molecule has 1 N–H and O–H groups in total. The second-order valence-corrected chi connectivity index (χ2v) is 3.92. The van der Waals surface area contributed by atoms with Gasteiger partial charge in [0.05, 0.1) is 5.92 Å². The van der Waals surface area contributed by atoms with Gasteiger partial charge in [0.15, 0.2) is 0 Å². The molecule has 2 fully saturated rings. The fourth-order valence-corrected chi connectivity index (χ4v) is 2.28. The Morgan fingerprint density at radius 2 is 2.25 bits per heavy atom. The Bertz CT molecular complexity index is 192. The molecule has 1 aliphatic heterocycles. The van der Waals surface area contributed by atoms with E-state index in [-0.39, 0.29) is 11.3 Å². The first-order valence-electron chi connectivity index (χ1n) is 4.55. The number of ether oxygens (including phenoxy) is 1. The summed E-state index contributed by atoms with van der Waals surface area (Å²) in [4.78, 5) is 10.7. The van der Waals surface area contributed by atoms with E-state index in [9.17, 15) is 4.79 Å². The highest BCUT2D eigenvalue weighted by Gasteiger charge is 2.57. The molecule has 1 heterocycles. The quantitative estimate of drug-likeness (QED) is 0.644. The first-order chi connectivity index (χ1) is 5.75. The van der Waals surface area contributed by atoms with Crippen LogP contribution in [-0.2, 0) is 9.53 Å². The predicted molar refractivity (Wildman–Crippen MR) is 42.8 cm³/mol. The van der Waals surface area contributed by atoms with E-state index in [0.717, 1.165) is 38.9 Å². The van der Waals surface area contributed by atoms with Crippen LogP contribution in [0.1, 0.15) is 25.7 Å². The van der Waals surface area contributed by atoms with Crippen molar-refractivity contribution in [1.82, 2.24) is 0 Å². The van der Waals surface area contributed by atoms with Gasteiger partial charge in [0, 0.05) is 13.2 Å². The van der Waals surface area contributed by atoms with Gasteiger partial charge in [-0.15, -0.1) is 0 Å². The van der Waals surface area contributed by atoms with Gasteiger partial charge in [-0.2, -0.15) is 0 Å². The lowest BCUT2D eigenvalue weighted by molar-refractivity contribution is -0.139. The number of hydrogen-bond acceptors (Lipinski definition) is 2. The zero-order valence-corrected chi connectivity index (χ0v) is 7.08. The molecule has 1 saturated heterocycles. The first kappa shape index (κ1) is 8.05. The van der Waals surface area contributed by atoms with Crippen LogP contribution >= 0.6 is 0 Å². The maximum atomic E-state index is 10.7. The van der Waals surface area contributed by atoms with Crippen LogP contribution in [0.2, 0.25) is 0 Å². The zero-order valence-electron chi connectivity index (χ0n) is 7.08. The molecule has 3 nitrogen and oxygen atoms in total. The van der Waals surface area contributed by atoms with Gasteiger partial charge < -0.3 is 9.84 Å². The predicted octanol–water partition coefficient (Wildman–Crippen LogP) is 1.28. The molecule has 2 rings (SSSR count). The average Bonchev–Trinajstić information content (AvgIpc) is 2.77. The number of carbonyl (C=O) groups is 1. The molecule has 2 unspecified atom stereocenters. The van der Waals surface area contributed by atoms with E-state index in [0.29, 0.717) is 0 Å². The summed E-state index contributed by atoms with van der Waals surface area (Å²) in [6, 6.07) is 0. The maximum Gasteiger partial charge on any atom is 0.307 e. The summed E-state index contributed by atoms with van der Waals surface area (Å²) in [5.74, 6) is -0.684. The summed E-state index contributed by atoms with van der Waals surface area (Å²) in [6.45, 7) is 1.57. The summed E-state index contributed by atoms with van der Waals surface area (Å²) in [6.07, 6.45) is 3.91. The lowest BCUT2D eigenvalue weighted by Crippen LogP contribution is -2.10. The molecule has 12 heavy (non-hydrogen) atoms. The smallest absolute Gasteiger partial charge is 0.307 e. The van der Waals surface area contributed by atoms with Crippen molar-refractivity contribution in [3.8, 4) is 0 Å². The SMILES string of the molecule is O=C(O)C1CC12CCCOCC2. The van der Waals surface area contributed by atoms with E-state index in [1.54, 1.807) is 0 Å². The van der Waals surface area contributed by atoms with E-state index in [1.807, 2.05) is 0 Å². The van der Waals surface area contributed by atoms with E-state index < -0.39 is 5.97 Å². The monoisotopic (exact) mass is 170 g/mol. The van der Waals surface area contributed by atoms with E-state index in [4.69, 9.17) is 9.84 Å². The molecule has 3 heteroatoms. The molecule has 0 radical (unpaired) electrons. The van der Waals surface area contributed by atoms with Gasteiger partial charge in [0.2, 0.25) is 0 Å². The van der Waals surface area contributed by atoms with Crippen molar-refractivity contribution < 1.29 is 14.6 Å². The van der Waals surface area contributed by atoms with E-state index in [2.05, 4.69) is 0 Å². The van der Waals surface area contributed by atoms with Crippen LogP contribution in [0.15, 0.2) is 0 Å². The highest BCUT2D eigenvalue weighted by Crippen LogP contribution is 2.59. The van der Waals surface area contributed by atoms with Crippen LogP contribution in [0, 0.1) is 11.3 Å². The number of carboxylic acids is 1. The van der Waals surface area contributed by atoms with Gasteiger partial charge in [-0.25, -0.2) is 0 Å². The fraction of sp³-hybridized carbons (Fsp3) is 0.889.